The highest BCUT2D eigenvalue weighted by atomic mass is 32.2. The molecular weight excluding hydrogens is 371 g/mol. The van der Waals surface area contributed by atoms with Crippen LogP contribution in [0.4, 0.5) is 13.2 Å². The molecule has 26 heavy (non-hydrogen) atoms. The van der Waals surface area contributed by atoms with Gasteiger partial charge in [-0.05, 0) is 30.5 Å². The van der Waals surface area contributed by atoms with Crippen LogP contribution in [0.15, 0.2) is 24.3 Å². The molecule has 146 valence electrons. The molecule has 5 nitrogen and oxygen atoms in total. The largest absolute Gasteiger partial charge is 0.497 e. The van der Waals surface area contributed by atoms with Crippen molar-refractivity contribution in [3.8, 4) is 5.75 Å². The lowest BCUT2D eigenvalue weighted by Gasteiger charge is -2.41. The fourth-order valence-electron chi connectivity index (χ4n) is 3.43. The van der Waals surface area contributed by atoms with E-state index in [0.717, 1.165) is 5.56 Å². The van der Waals surface area contributed by atoms with E-state index < -0.39 is 35.9 Å². The van der Waals surface area contributed by atoms with Gasteiger partial charge in [0, 0.05) is 5.88 Å². The Labute approximate surface area is 154 Å². The number of fused-ring (bicyclic) bond motifs is 1. The van der Waals surface area contributed by atoms with Gasteiger partial charge in [-0.2, -0.15) is 13.2 Å². The molecule has 0 radical (unpaired) electrons. The van der Waals surface area contributed by atoms with Crippen LogP contribution in [-0.4, -0.2) is 70.6 Å². The molecule has 2 saturated heterocycles. The van der Waals surface area contributed by atoms with E-state index in [4.69, 9.17) is 9.47 Å². The Kier molecular flexibility index (Phi) is 6.03. The molecule has 2 N–H and O–H groups in total. The Morgan fingerprint density at radius 2 is 2.00 bits per heavy atom. The minimum absolute atomic E-state index is 0.0638. The Morgan fingerprint density at radius 1 is 1.31 bits per heavy atom. The van der Waals surface area contributed by atoms with E-state index in [1.54, 1.807) is 24.3 Å². The van der Waals surface area contributed by atoms with Crippen LogP contribution in [-0.2, 0) is 11.2 Å². The standard InChI is InChI=1S/C17H22F3NO4S/c1-24-11-5-2-10(3-6-11)4-7-13(17(18,19)20)21-9-26-16-14(21)15(23)12(22)8-25-16/h2-3,5-6,12-16,22-23H,4,7-9H2,1H3. The maximum atomic E-state index is 13.7. The molecule has 5 unspecified atom stereocenters. The summed E-state index contributed by atoms with van der Waals surface area (Å²) in [5.74, 6) is 0.752. The van der Waals surface area contributed by atoms with Crippen LogP contribution in [0, 0.1) is 0 Å². The monoisotopic (exact) mass is 393 g/mol. The van der Waals surface area contributed by atoms with Crippen LogP contribution in [0.3, 0.4) is 0 Å². The van der Waals surface area contributed by atoms with E-state index in [1.807, 2.05) is 0 Å². The maximum Gasteiger partial charge on any atom is 0.404 e. The number of hydrogen-bond donors (Lipinski definition) is 2. The topological polar surface area (TPSA) is 62.2 Å². The number of nitrogens with zero attached hydrogens (tertiary/aromatic N) is 1. The predicted octanol–water partition coefficient (Wildman–Crippen LogP) is 2.01. The third-order valence-electron chi connectivity index (χ3n) is 4.87. The molecule has 0 aromatic heterocycles. The highest BCUT2D eigenvalue weighted by Gasteiger charge is 2.54. The Bertz CT molecular complexity index is 601. The molecule has 0 spiro atoms. The zero-order chi connectivity index (χ0) is 18.9. The Morgan fingerprint density at radius 3 is 2.62 bits per heavy atom. The van der Waals surface area contributed by atoms with Gasteiger partial charge >= 0.3 is 6.18 Å². The van der Waals surface area contributed by atoms with E-state index in [-0.39, 0.29) is 25.3 Å². The molecule has 0 aliphatic carbocycles. The number of aliphatic hydroxyl groups excluding tert-OH is 2. The molecule has 0 amide bonds. The third kappa shape index (κ3) is 4.12. The number of aryl methyl sites for hydroxylation is 1. The van der Waals surface area contributed by atoms with E-state index in [2.05, 4.69) is 0 Å². The van der Waals surface area contributed by atoms with Crippen molar-refractivity contribution < 1.29 is 32.9 Å². The molecule has 5 atom stereocenters. The number of ether oxygens (including phenoxy) is 2. The van der Waals surface area contributed by atoms with Gasteiger partial charge in [-0.15, -0.1) is 11.8 Å². The summed E-state index contributed by atoms with van der Waals surface area (Å²) in [6.07, 6.45) is -6.76. The molecule has 2 heterocycles. The molecule has 3 rings (SSSR count). The minimum atomic E-state index is -4.44. The van der Waals surface area contributed by atoms with E-state index in [9.17, 15) is 23.4 Å². The second-order valence-corrected chi connectivity index (χ2v) is 7.56. The number of alkyl halides is 3. The summed E-state index contributed by atoms with van der Waals surface area (Å²) in [5.41, 5.74) is 0.225. The molecule has 2 fully saturated rings. The van der Waals surface area contributed by atoms with Crippen molar-refractivity contribution >= 4 is 11.8 Å². The summed E-state index contributed by atoms with van der Waals surface area (Å²) in [7, 11) is 1.53. The van der Waals surface area contributed by atoms with Gasteiger partial charge in [0.25, 0.3) is 0 Å². The lowest BCUT2D eigenvalue weighted by atomic mass is 9.98. The quantitative estimate of drug-likeness (QED) is 0.798. The Balaban J connectivity index is 1.73. The van der Waals surface area contributed by atoms with Crippen molar-refractivity contribution in [2.24, 2.45) is 0 Å². The minimum Gasteiger partial charge on any atom is -0.497 e. The number of aliphatic hydroxyl groups is 2. The zero-order valence-corrected chi connectivity index (χ0v) is 15.0. The predicted molar refractivity (Wildman–Crippen MR) is 91.0 cm³/mol. The number of thioether (sulfide) groups is 1. The molecule has 0 bridgehead atoms. The van der Waals surface area contributed by atoms with Gasteiger partial charge in [0.15, 0.2) is 0 Å². The second-order valence-electron chi connectivity index (χ2n) is 6.50. The van der Waals surface area contributed by atoms with Crippen molar-refractivity contribution in [3.05, 3.63) is 29.8 Å². The fourth-order valence-corrected chi connectivity index (χ4v) is 4.80. The second kappa shape index (κ2) is 7.93. The lowest BCUT2D eigenvalue weighted by Crippen LogP contribution is -2.60. The highest BCUT2D eigenvalue weighted by Crippen LogP contribution is 2.41. The first-order valence-corrected chi connectivity index (χ1v) is 9.41. The van der Waals surface area contributed by atoms with Crippen LogP contribution in [0.1, 0.15) is 12.0 Å². The third-order valence-corrected chi connectivity index (χ3v) is 6.06. The van der Waals surface area contributed by atoms with Crippen molar-refractivity contribution in [1.29, 1.82) is 0 Å². The number of benzene rings is 1. The average Bonchev–Trinajstić information content (AvgIpc) is 3.02. The average molecular weight is 393 g/mol. The van der Waals surface area contributed by atoms with Gasteiger partial charge in [0.1, 0.15) is 29.4 Å². The molecule has 1 aromatic rings. The van der Waals surface area contributed by atoms with Gasteiger partial charge in [-0.1, -0.05) is 12.1 Å². The van der Waals surface area contributed by atoms with Crippen LogP contribution in [0.5, 0.6) is 5.75 Å². The van der Waals surface area contributed by atoms with Gasteiger partial charge in [0.05, 0.1) is 19.8 Å². The number of rotatable bonds is 5. The first-order valence-electron chi connectivity index (χ1n) is 8.36. The number of methoxy groups -OCH3 is 1. The molecule has 2 aliphatic rings. The number of halogens is 3. The van der Waals surface area contributed by atoms with E-state index >= 15 is 0 Å². The van der Waals surface area contributed by atoms with Crippen molar-refractivity contribution in [2.75, 3.05) is 19.6 Å². The van der Waals surface area contributed by atoms with Crippen molar-refractivity contribution in [1.82, 2.24) is 4.90 Å². The van der Waals surface area contributed by atoms with Crippen molar-refractivity contribution in [3.63, 3.8) is 0 Å². The lowest BCUT2D eigenvalue weighted by molar-refractivity contribution is -0.209. The molecule has 9 heteroatoms. The summed E-state index contributed by atoms with van der Waals surface area (Å²) in [6, 6.07) is 4.34. The molecule has 1 aromatic carbocycles. The van der Waals surface area contributed by atoms with Crippen LogP contribution < -0.4 is 4.74 Å². The molecule has 0 saturated carbocycles. The van der Waals surface area contributed by atoms with Crippen molar-refractivity contribution in [2.45, 2.75) is 48.7 Å². The summed E-state index contributed by atoms with van der Waals surface area (Å²) in [6.45, 7) is -0.0638. The van der Waals surface area contributed by atoms with Gasteiger partial charge < -0.3 is 19.7 Å². The summed E-state index contributed by atoms with van der Waals surface area (Å²) in [4.78, 5) is 1.23. The van der Waals surface area contributed by atoms with E-state index in [1.165, 1.54) is 23.8 Å². The zero-order valence-electron chi connectivity index (χ0n) is 14.2. The maximum absolute atomic E-state index is 13.7. The highest BCUT2D eigenvalue weighted by molar-refractivity contribution is 8.00. The first kappa shape index (κ1) is 19.8. The van der Waals surface area contributed by atoms with Gasteiger partial charge in [-0.3, -0.25) is 4.90 Å². The van der Waals surface area contributed by atoms with Crippen LogP contribution >= 0.6 is 11.8 Å². The summed E-state index contributed by atoms with van der Waals surface area (Å²) >= 11 is 1.23. The Hall–Kier alpha value is -1.00. The smallest absolute Gasteiger partial charge is 0.404 e. The molecular formula is C17H22F3NO4S. The van der Waals surface area contributed by atoms with Crippen LogP contribution in [0.25, 0.3) is 0 Å². The molecule has 2 aliphatic heterocycles. The normalized spacial score (nSPS) is 30.8. The van der Waals surface area contributed by atoms with Crippen LogP contribution in [0.2, 0.25) is 0 Å². The SMILES string of the molecule is COc1ccc(CCC(N2CSC3OCC(O)C(O)C32)C(F)(F)F)cc1. The van der Waals surface area contributed by atoms with Gasteiger partial charge in [0.2, 0.25) is 0 Å². The van der Waals surface area contributed by atoms with Gasteiger partial charge in [-0.25, -0.2) is 0 Å². The number of hydrogen-bond acceptors (Lipinski definition) is 6. The van der Waals surface area contributed by atoms with E-state index in [0.29, 0.717) is 5.75 Å². The summed E-state index contributed by atoms with van der Waals surface area (Å²) in [5, 5.41) is 20.0. The summed E-state index contributed by atoms with van der Waals surface area (Å²) < 4.78 is 51.6. The fraction of sp³-hybridized carbons (Fsp3) is 0.647. The first-order chi connectivity index (χ1) is 12.3.